The van der Waals surface area contributed by atoms with E-state index in [1.165, 1.54) is 0 Å². The third-order valence-corrected chi connectivity index (χ3v) is 4.68. The summed E-state index contributed by atoms with van der Waals surface area (Å²) in [6.45, 7) is 2.47. The largest absolute Gasteiger partial charge is 0.397 e. The molecule has 130 valence electrons. The van der Waals surface area contributed by atoms with E-state index in [1.54, 1.807) is 0 Å². The van der Waals surface area contributed by atoms with Gasteiger partial charge in [-0.3, -0.25) is 9.78 Å². The van der Waals surface area contributed by atoms with Gasteiger partial charge >= 0.3 is 0 Å². The molecule has 3 heterocycles. The van der Waals surface area contributed by atoms with Crippen molar-refractivity contribution in [3.05, 3.63) is 28.8 Å². The molecule has 6 N–H and O–H groups in total. The average Bonchev–Trinajstić information content (AvgIpc) is 2.92. The first-order chi connectivity index (χ1) is 12.0. The third-order valence-electron chi connectivity index (χ3n) is 3.56. The highest BCUT2D eigenvalue weighted by atomic mass is 32.1. The zero-order valence-electron chi connectivity index (χ0n) is 13.6. The molecule has 3 rings (SSSR count). The van der Waals surface area contributed by atoms with E-state index in [0.29, 0.717) is 40.5 Å². The second-order valence-electron chi connectivity index (χ2n) is 5.45. The summed E-state index contributed by atoms with van der Waals surface area (Å²) in [6.07, 6.45) is 0.568. The average molecular weight is 358 g/mol. The van der Waals surface area contributed by atoms with Crippen molar-refractivity contribution in [3.63, 3.8) is 0 Å². The number of thiophene rings is 1. The number of rotatable bonds is 6. The molecule has 0 aliphatic heterocycles. The van der Waals surface area contributed by atoms with Crippen LogP contribution in [0.25, 0.3) is 21.6 Å². The standard InChI is InChI=1S/C16H18N6O2S/c1-8-4-2-5-9(20-8)12-10-11(17)13(14(18)24)25-15(10)22-16(21-12)19-6-3-7-23/h2,4-5,23H,3,6-7,17H2,1H3,(H2,18,24)(H,19,21,22). The monoisotopic (exact) mass is 358 g/mol. The van der Waals surface area contributed by atoms with Gasteiger partial charge in [0.1, 0.15) is 15.4 Å². The van der Waals surface area contributed by atoms with Gasteiger partial charge in [-0.2, -0.15) is 0 Å². The molecule has 0 saturated carbocycles. The SMILES string of the molecule is Cc1cccc(-c2nc(NCCCO)nc3sc(C(N)=O)c(N)c23)n1. The number of pyridine rings is 1. The summed E-state index contributed by atoms with van der Waals surface area (Å²) in [5, 5.41) is 12.6. The Morgan fingerprint density at radius 3 is 2.80 bits per heavy atom. The number of nitrogens with one attached hydrogen (secondary N) is 1. The summed E-state index contributed by atoms with van der Waals surface area (Å²) in [5.41, 5.74) is 13.8. The van der Waals surface area contributed by atoms with E-state index < -0.39 is 5.91 Å². The smallest absolute Gasteiger partial charge is 0.260 e. The number of aryl methyl sites for hydroxylation is 1. The molecule has 0 aliphatic carbocycles. The van der Waals surface area contributed by atoms with Crippen molar-refractivity contribution in [1.29, 1.82) is 0 Å². The van der Waals surface area contributed by atoms with Gasteiger partial charge in [-0.05, 0) is 25.5 Å². The first kappa shape index (κ1) is 17.1. The summed E-state index contributed by atoms with van der Waals surface area (Å²) >= 11 is 1.13. The molecule has 9 heteroatoms. The maximum Gasteiger partial charge on any atom is 0.260 e. The van der Waals surface area contributed by atoms with Crippen LogP contribution in [0, 0.1) is 6.92 Å². The summed E-state index contributed by atoms with van der Waals surface area (Å²) in [7, 11) is 0. The van der Waals surface area contributed by atoms with Crippen molar-refractivity contribution < 1.29 is 9.90 Å². The highest BCUT2D eigenvalue weighted by Crippen LogP contribution is 2.38. The number of hydrogen-bond donors (Lipinski definition) is 4. The Hall–Kier alpha value is -2.78. The van der Waals surface area contributed by atoms with Gasteiger partial charge in [0.25, 0.3) is 5.91 Å². The number of nitrogens with zero attached hydrogens (tertiary/aromatic N) is 3. The molecule has 1 amide bonds. The van der Waals surface area contributed by atoms with Crippen LogP contribution in [0.4, 0.5) is 11.6 Å². The van der Waals surface area contributed by atoms with Gasteiger partial charge in [-0.25, -0.2) is 9.97 Å². The Bertz CT molecular complexity index is 940. The number of aromatic nitrogens is 3. The number of aliphatic hydroxyl groups is 1. The number of hydrogen-bond acceptors (Lipinski definition) is 8. The van der Waals surface area contributed by atoms with Gasteiger partial charge in [0, 0.05) is 18.8 Å². The maximum absolute atomic E-state index is 11.6. The van der Waals surface area contributed by atoms with Crippen LogP contribution in [0.5, 0.6) is 0 Å². The first-order valence-electron chi connectivity index (χ1n) is 7.70. The lowest BCUT2D eigenvalue weighted by atomic mass is 10.1. The van der Waals surface area contributed by atoms with E-state index in [0.717, 1.165) is 17.0 Å². The van der Waals surface area contributed by atoms with Crippen LogP contribution in [0.15, 0.2) is 18.2 Å². The number of anilines is 2. The number of carbonyl (C=O) groups is 1. The lowest BCUT2D eigenvalue weighted by Gasteiger charge is -2.08. The van der Waals surface area contributed by atoms with Crippen molar-refractivity contribution in [1.82, 2.24) is 15.0 Å². The lowest BCUT2D eigenvalue weighted by molar-refractivity contribution is 0.100. The second-order valence-corrected chi connectivity index (χ2v) is 6.45. The summed E-state index contributed by atoms with van der Waals surface area (Å²) < 4.78 is 0. The molecule has 3 aromatic rings. The normalized spacial score (nSPS) is 11.0. The highest BCUT2D eigenvalue weighted by Gasteiger charge is 2.21. The minimum atomic E-state index is -0.599. The van der Waals surface area contributed by atoms with E-state index in [9.17, 15) is 4.79 Å². The molecule has 0 aliphatic rings. The minimum Gasteiger partial charge on any atom is -0.397 e. The van der Waals surface area contributed by atoms with Crippen LogP contribution in [0.1, 0.15) is 21.8 Å². The molecule has 0 fully saturated rings. The molecule has 8 nitrogen and oxygen atoms in total. The van der Waals surface area contributed by atoms with Crippen molar-refractivity contribution >= 4 is 39.1 Å². The van der Waals surface area contributed by atoms with Crippen LogP contribution < -0.4 is 16.8 Å². The second kappa shape index (κ2) is 6.99. The molecule has 0 bridgehead atoms. The third kappa shape index (κ3) is 3.37. The van der Waals surface area contributed by atoms with E-state index in [1.807, 2.05) is 25.1 Å². The number of primary amides is 1. The topological polar surface area (TPSA) is 140 Å². The zero-order chi connectivity index (χ0) is 18.0. The molecular weight excluding hydrogens is 340 g/mol. The fourth-order valence-corrected chi connectivity index (χ4v) is 3.37. The number of amides is 1. The van der Waals surface area contributed by atoms with Crippen molar-refractivity contribution in [2.75, 3.05) is 24.2 Å². The quantitative estimate of drug-likeness (QED) is 0.490. The van der Waals surface area contributed by atoms with Gasteiger partial charge in [0.15, 0.2) is 0 Å². The van der Waals surface area contributed by atoms with Crippen molar-refractivity contribution in [3.8, 4) is 11.4 Å². The molecular formula is C16H18N6O2S. The van der Waals surface area contributed by atoms with E-state index in [-0.39, 0.29) is 17.2 Å². The fourth-order valence-electron chi connectivity index (χ4n) is 2.42. The van der Waals surface area contributed by atoms with Gasteiger partial charge < -0.3 is 21.9 Å². The van der Waals surface area contributed by atoms with E-state index in [2.05, 4.69) is 20.3 Å². The number of nitrogens with two attached hydrogens (primary N) is 2. The molecule has 3 aromatic heterocycles. The molecule has 0 saturated heterocycles. The van der Waals surface area contributed by atoms with Gasteiger partial charge in [-0.15, -0.1) is 11.3 Å². The van der Waals surface area contributed by atoms with Crippen LogP contribution in [-0.4, -0.2) is 39.1 Å². The highest BCUT2D eigenvalue weighted by molar-refractivity contribution is 7.21. The van der Waals surface area contributed by atoms with Crippen LogP contribution >= 0.6 is 11.3 Å². The van der Waals surface area contributed by atoms with E-state index in [4.69, 9.17) is 16.6 Å². The first-order valence-corrected chi connectivity index (χ1v) is 8.51. The summed E-state index contributed by atoms with van der Waals surface area (Å²) in [4.78, 5) is 25.9. The molecule has 0 atom stereocenters. The fraction of sp³-hybridized carbons (Fsp3) is 0.250. The Morgan fingerprint density at radius 1 is 1.32 bits per heavy atom. The molecule has 0 spiro atoms. The Kier molecular flexibility index (Phi) is 4.77. The number of fused-ring (bicyclic) bond motifs is 1. The Morgan fingerprint density at radius 2 is 2.12 bits per heavy atom. The molecule has 0 radical (unpaired) electrons. The molecule has 25 heavy (non-hydrogen) atoms. The van der Waals surface area contributed by atoms with Crippen LogP contribution in [-0.2, 0) is 0 Å². The van der Waals surface area contributed by atoms with Crippen LogP contribution in [0.3, 0.4) is 0 Å². The van der Waals surface area contributed by atoms with Gasteiger partial charge in [0.2, 0.25) is 5.95 Å². The lowest BCUT2D eigenvalue weighted by Crippen LogP contribution is -2.10. The molecule has 0 unspecified atom stereocenters. The van der Waals surface area contributed by atoms with Crippen LogP contribution in [0.2, 0.25) is 0 Å². The van der Waals surface area contributed by atoms with Crippen molar-refractivity contribution in [2.24, 2.45) is 5.73 Å². The van der Waals surface area contributed by atoms with Crippen molar-refractivity contribution in [2.45, 2.75) is 13.3 Å². The Balaban J connectivity index is 2.21. The maximum atomic E-state index is 11.6. The number of aliphatic hydroxyl groups excluding tert-OH is 1. The predicted octanol–water partition coefficient (Wildman–Crippen LogP) is 1.54. The summed E-state index contributed by atoms with van der Waals surface area (Å²) in [6, 6.07) is 5.59. The van der Waals surface area contributed by atoms with Gasteiger partial charge in [0.05, 0.1) is 16.8 Å². The summed E-state index contributed by atoms with van der Waals surface area (Å²) in [5.74, 6) is -0.213. The number of carbonyl (C=O) groups excluding carboxylic acids is 1. The van der Waals surface area contributed by atoms with E-state index >= 15 is 0 Å². The number of nitrogen functional groups attached to an aromatic ring is 1. The predicted molar refractivity (Wildman–Crippen MR) is 98.5 cm³/mol. The zero-order valence-corrected chi connectivity index (χ0v) is 14.4. The van der Waals surface area contributed by atoms with Gasteiger partial charge in [-0.1, -0.05) is 6.07 Å². The minimum absolute atomic E-state index is 0.0688. The molecule has 0 aromatic carbocycles. The Labute approximate surface area is 147 Å².